The van der Waals surface area contributed by atoms with E-state index in [1.807, 2.05) is 30.3 Å². The molecule has 2 rings (SSSR count). The van der Waals surface area contributed by atoms with Crippen LogP contribution in [0.2, 0.25) is 0 Å². The van der Waals surface area contributed by atoms with Crippen LogP contribution in [0.1, 0.15) is 11.1 Å². The van der Waals surface area contributed by atoms with Gasteiger partial charge in [-0.1, -0.05) is 24.3 Å². The van der Waals surface area contributed by atoms with Gasteiger partial charge in [0.15, 0.2) is 0 Å². The van der Waals surface area contributed by atoms with Crippen molar-refractivity contribution < 1.29 is 9.53 Å². The molecule has 1 amide bonds. The predicted molar refractivity (Wildman–Crippen MR) is 58.3 cm³/mol. The van der Waals surface area contributed by atoms with Crippen LogP contribution in [0.15, 0.2) is 30.3 Å². The van der Waals surface area contributed by atoms with Gasteiger partial charge in [0.2, 0.25) is 0 Å². The van der Waals surface area contributed by atoms with Crippen LogP contribution in [0, 0.1) is 0 Å². The number of carbonyl (C=O) groups is 1. The Morgan fingerprint density at radius 3 is 2.80 bits per heavy atom. The molecule has 3 heteroatoms. The van der Waals surface area contributed by atoms with Gasteiger partial charge in [0.1, 0.15) is 5.76 Å². The topological polar surface area (TPSA) is 29.5 Å². The van der Waals surface area contributed by atoms with E-state index in [-0.39, 0.29) is 6.09 Å². The molecular formula is C12H13NO2. The molecule has 0 heterocycles. The fourth-order valence-electron chi connectivity index (χ4n) is 1.53. The Balaban J connectivity index is 2.17. The van der Waals surface area contributed by atoms with Crippen molar-refractivity contribution in [2.24, 2.45) is 0 Å². The largest absolute Gasteiger partial charge is 0.414 e. The number of nitrogens with zero attached hydrogens (tertiary/aromatic N) is 1. The second kappa shape index (κ2) is 3.77. The summed E-state index contributed by atoms with van der Waals surface area (Å²) in [5, 5.41) is 0. The van der Waals surface area contributed by atoms with Crippen molar-refractivity contribution in [3.8, 4) is 0 Å². The fraction of sp³-hybridized carbons (Fsp3) is 0.250. The summed E-state index contributed by atoms with van der Waals surface area (Å²) in [6, 6.07) is 7.95. The molecule has 0 spiro atoms. The van der Waals surface area contributed by atoms with E-state index in [4.69, 9.17) is 4.74 Å². The summed E-state index contributed by atoms with van der Waals surface area (Å²) in [6.07, 6.45) is 2.44. The SMILES string of the molecule is CN(C)C(=O)OC1=CCc2ccccc21. The second-order valence-corrected chi connectivity index (χ2v) is 3.69. The molecule has 0 atom stereocenters. The summed E-state index contributed by atoms with van der Waals surface area (Å²) in [7, 11) is 3.34. The third-order valence-electron chi connectivity index (χ3n) is 2.35. The summed E-state index contributed by atoms with van der Waals surface area (Å²) >= 11 is 0. The Morgan fingerprint density at radius 2 is 2.07 bits per heavy atom. The highest BCUT2D eigenvalue weighted by Crippen LogP contribution is 2.28. The maximum absolute atomic E-state index is 11.4. The van der Waals surface area contributed by atoms with Crippen molar-refractivity contribution in [1.29, 1.82) is 0 Å². The maximum Gasteiger partial charge on any atom is 0.414 e. The molecule has 78 valence electrons. The quantitative estimate of drug-likeness (QED) is 0.700. The van der Waals surface area contributed by atoms with Gasteiger partial charge in [-0.15, -0.1) is 0 Å². The van der Waals surface area contributed by atoms with Crippen LogP contribution in [-0.4, -0.2) is 25.1 Å². The summed E-state index contributed by atoms with van der Waals surface area (Å²) in [5.41, 5.74) is 2.23. The number of hydrogen-bond acceptors (Lipinski definition) is 2. The highest BCUT2D eigenvalue weighted by molar-refractivity contribution is 5.79. The standard InChI is InChI=1S/C12H13NO2/c1-13(2)12(14)15-11-8-7-9-5-3-4-6-10(9)11/h3-6,8H,7H2,1-2H3. The number of ether oxygens (including phenoxy) is 1. The molecule has 0 bridgehead atoms. The minimum absolute atomic E-state index is 0.335. The van der Waals surface area contributed by atoms with Gasteiger partial charge in [0.25, 0.3) is 0 Å². The lowest BCUT2D eigenvalue weighted by Crippen LogP contribution is -2.21. The van der Waals surface area contributed by atoms with Gasteiger partial charge in [-0.05, 0) is 18.1 Å². The van der Waals surface area contributed by atoms with E-state index in [0.717, 1.165) is 12.0 Å². The summed E-state index contributed by atoms with van der Waals surface area (Å²) in [6.45, 7) is 0. The molecule has 1 aliphatic rings. The molecule has 0 saturated carbocycles. The van der Waals surface area contributed by atoms with Crippen molar-refractivity contribution in [1.82, 2.24) is 4.90 Å². The normalized spacial score (nSPS) is 13.1. The number of benzene rings is 1. The molecule has 15 heavy (non-hydrogen) atoms. The lowest BCUT2D eigenvalue weighted by molar-refractivity contribution is 0.163. The lowest BCUT2D eigenvalue weighted by atomic mass is 10.1. The van der Waals surface area contributed by atoms with Gasteiger partial charge in [-0.25, -0.2) is 4.79 Å². The predicted octanol–water partition coefficient (Wildman–Crippen LogP) is 2.28. The molecule has 1 aromatic carbocycles. The monoisotopic (exact) mass is 203 g/mol. The average molecular weight is 203 g/mol. The molecule has 0 radical (unpaired) electrons. The number of rotatable bonds is 1. The second-order valence-electron chi connectivity index (χ2n) is 3.69. The third-order valence-corrected chi connectivity index (χ3v) is 2.35. The van der Waals surface area contributed by atoms with Gasteiger partial charge in [-0.2, -0.15) is 0 Å². The summed E-state index contributed by atoms with van der Waals surface area (Å²) in [5.74, 6) is 0.671. The highest BCUT2D eigenvalue weighted by atomic mass is 16.6. The van der Waals surface area contributed by atoms with Crippen LogP contribution < -0.4 is 0 Å². The lowest BCUT2D eigenvalue weighted by Gasteiger charge is -2.12. The van der Waals surface area contributed by atoms with E-state index in [1.54, 1.807) is 14.1 Å². The first-order valence-corrected chi connectivity index (χ1v) is 4.86. The first-order chi connectivity index (χ1) is 7.18. The van der Waals surface area contributed by atoms with E-state index in [9.17, 15) is 4.79 Å². The van der Waals surface area contributed by atoms with Crippen molar-refractivity contribution in [2.75, 3.05) is 14.1 Å². The zero-order valence-corrected chi connectivity index (χ0v) is 8.86. The Morgan fingerprint density at radius 1 is 1.33 bits per heavy atom. The van der Waals surface area contributed by atoms with Crippen molar-refractivity contribution in [2.45, 2.75) is 6.42 Å². The van der Waals surface area contributed by atoms with Gasteiger partial charge in [-0.3, -0.25) is 0 Å². The zero-order chi connectivity index (χ0) is 10.8. The number of carbonyl (C=O) groups excluding carboxylic acids is 1. The molecule has 1 aliphatic carbocycles. The molecule has 0 saturated heterocycles. The first-order valence-electron chi connectivity index (χ1n) is 4.86. The average Bonchev–Trinajstić information content (AvgIpc) is 2.62. The van der Waals surface area contributed by atoms with Crippen LogP contribution in [-0.2, 0) is 11.2 Å². The van der Waals surface area contributed by atoms with Gasteiger partial charge in [0.05, 0.1) is 0 Å². The van der Waals surface area contributed by atoms with Crippen molar-refractivity contribution >= 4 is 11.9 Å². The van der Waals surface area contributed by atoms with E-state index in [0.29, 0.717) is 5.76 Å². The Hall–Kier alpha value is -1.77. The van der Waals surface area contributed by atoms with E-state index < -0.39 is 0 Å². The number of fused-ring (bicyclic) bond motifs is 1. The molecule has 0 aliphatic heterocycles. The van der Waals surface area contributed by atoms with E-state index in [2.05, 4.69) is 0 Å². The molecule has 3 nitrogen and oxygen atoms in total. The molecule has 0 aromatic heterocycles. The van der Waals surface area contributed by atoms with Gasteiger partial charge in [0, 0.05) is 19.7 Å². The smallest absolute Gasteiger partial charge is 0.410 e. The molecule has 0 unspecified atom stereocenters. The van der Waals surface area contributed by atoms with Crippen LogP contribution in [0.3, 0.4) is 0 Å². The Labute approximate surface area is 89.0 Å². The minimum Gasteiger partial charge on any atom is -0.410 e. The third kappa shape index (κ3) is 1.86. The molecule has 0 N–H and O–H groups in total. The number of hydrogen-bond donors (Lipinski definition) is 0. The van der Waals surface area contributed by atoms with Crippen molar-refractivity contribution in [3.05, 3.63) is 41.5 Å². The Bertz CT molecular complexity index is 421. The minimum atomic E-state index is -0.335. The summed E-state index contributed by atoms with van der Waals surface area (Å²) < 4.78 is 5.25. The highest BCUT2D eigenvalue weighted by Gasteiger charge is 2.17. The van der Waals surface area contributed by atoms with Crippen LogP contribution in [0.5, 0.6) is 0 Å². The van der Waals surface area contributed by atoms with Gasteiger partial charge >= 0.3 is 6.09 Å². The molecule has 1 aromatic rings. The van der Waals surface area contributed by atoms with E-state index >= 15 is 0 Å². The van der Waals surface area contributed by atoms with E-state index in [1.165, 1.54) is 10.5 Å². The number of amides is 1. The molecular weight excluding hydrogens is 190 g/mol. The number of allylic oxidation sites excluding steroid dienone is 1. The fourth-order valence-corrected chi connectivity index (χ4v) is 1.53. The van der Waals surface area contributed by atoms with Gasteiger partial charge < -0.3 is 9.64 Å². The Kier molecular flexibility index (Phi) is 2.46. The van der Waals surface area contributed by atoms with Crippen LogP contribution in [0.25, 0.3) is 5.76 Å². The van der Waals surface area contributed by atoms with Crippen LogP contribution in [0.4, 0.5) is 4.79 Å². The maximum atomic E-state index is 11.4. The molecule has 0 fully saturated rings. The summed E-state index contributed by atoms with van der Waals surface area (Å²) in [4.78, 5) is 12.8. The zero-order valence-electron chi connectivity index (χ0n) is 8.86. The van der Waals surface area contributed by atoms with Crippen molar-refractivity contribution in [3.63, 3.8) is 0 Å². The first kappa shape index (κ1) is 9.77. The van der Waals surface area contributed by atoms with Crippen LogP contribution >= 0.6 is 0 Å².